The monoisotopic (exact) mass is 326 g/mol. The van der Waals surface area contributed by atoms with Crippen molar-refractivity contribution in [1.82, 2.24) is 9.80 Å². The maximum Gasteiger partial charge on any atom is 0.0628 e. The fourth-order valence-corrected chi connectivity index (χ4v) is 3.57. The van der Waals surface area contributed by atoms with Crippen LogP contribution in [0.3, 0.4) is 0 Å². The fraction of sp³-hybridized carbons (Fsp3) is 0.400. The third kappa shape index (κ3) is 3.84. The van der Waals surface area contributed by atoms with Crippen molar-refractivity contribution in [2.45, 2.75) is 12.1 Å². The van der Waals surface area contributed by atoms with E-state index >= 15 is 0 Å². The minimum atomic E-state index is 0.0534. The molecule has 0 amide bonds. The van der Waals surface area contributed by atoms with Crippen LogP contribution in [0.4, 0.5) is 0 Å². The van der Waals surface area contributed by atoms with Crippen LogP contribution in [0.5, 0.6) is 0 Å². The molecule has 4 nitrogen and oxygen atoms in total. The third-order valence-corrected chi connectivity index (χ3v) is 4.94. The van der Waals surface area contributed by atoms with Gasteiger partial charge in [0.2, 0.25) is 0 Å². The van der Waals surface area contributed by atoms with Crippen LogP contribution < -0.4 is 0 Å². The Morgan fingerprint density at radius 2 is 0.958 bits per heavy atom. The Labute approximate surface area is 144 Å². The van der Waals surface area contributed by atoms with Gasteiger partial charge in [-0.25, -0.2) is 0 Å². The highest BCUT2D eigenvalue weighted by Crippen LogP contribution is 2.26. The van der Waals surface area contributed by atoms with Gasteiger partial charge in [-0.3, -0.25) is 9.80 Å². The lowest BCUT2D eigenvalue weighted by atomic mass is 10.0. The van der Waals surface area contributed by atoms with Crippen LogP contribution in [0.25, 0.3) is 0 Å². The van der Waals surface area contributed by atoms with Crippen LogP contribution in [0, 0.1) is 0 Å². The molecule has 2 atom stereocenters. The summed E-state index contributed by atoms with van der Waals surface area (Å²) in [6.45, 7) is 3.83. The first kappa shape index (κ1) is 17.1. The highest BCUT2D eigenvalue weighted by atomic mass is 16.3. The molecule has 128 valence electrons. The number of aliphatic hydroxyl groups excluding tert-OH is 2. The van der Waals surface area contributed by atoms with Crippen molar-refractivity contribution in [1.29, 1.82) is 0 Å². The Kier molecular flexibility index (Phi) is 5.99. The number of piperazine rings is 1. The molecule has 0 unspecified atom stereocenters. The van der Waals surface area contributed by atoms with Gasteiger partial charge >= 0.3 is 0 Å². The largest absolute Gasteiger partial charge is 0.394 e. The van der Waals surface area contributed by atoms with Crippen LogP contribution in [0.2, 0.25) is 0 Å². The molecule has 1 saturated heterocycles. The van der Waals surface area contributed by atoms with Crippen molar-refractivity contribution in [2.75, 3.05) is 39.4 Å². The normalized spacial score (nSPS) is 19.1. The first-order valence-electron chi connectivity index (χ1n) is 8.63. The summed E-state index contributed by atoms with van der Waals surface area (Å²) in [7, 11) is 0. The van der Waals surface area contributed by atoms with E-state index in [-0.39, 0.29) is 25.3 Å². The summed E-state index contributed by atoms with van der Waals surface area (Å²) in [5.74, 6) is 0. The molecule has 0 aromatic heterocycles. The molecule has 0 radical (unpaired) electrons. The van der Waals surface area contributed by atoms with Gasteiger partial charge in [-0.05, 0) is 11.1 Å². The smallest absolute Gasteiger partial charge is 0.0628 e. The Morgan fingerprint density at radius 1 is 0.625 bits per heavy atom. The summed E-state index contributed by atoms with van der Waals surface area (Å²) in [4.78, 5) is 4.68. The summed E-state index contributed by atoms with van der Waals surface area (Å²) in [6, 6.07) is 20.5. The molecule has 24 heavy (non-hydrogen) atoms. The van der Waals surface area contributed by atoms with Gasteiger partial charge in [0.05, 0.1) is 25.3 Å². The summed E-state index contributed by atoms with van der Waals surface area (Å²) in [5.41, 5.74) is 2.32. The number of benzene rings is 2. The average molecular weight is 326 g/mol. The molecule has 2 aromatic rings. The first-order chi connectivity index (χ1) is 11.8. The summed E-state index contributed by atoms with van der Waals surface area (Å²) in [6.07, 6.45) is 0. The van der Waals surface area contributed by atoms with Gasteiger partial charge in [0, 0.05) is 26.2 Å². The van der Waals surface area contributed by atoms with Crippen molar-refractivity contribution in [3.8, 4) is 0 Å². The van der Waals surface area contributed by atoms with E-state index in [9.17, 15) is 10.2 Å². The highest BCUT2D eigenvalue weighted by molar-refractivity contribution is 5.21. The van der Waals surface area contributed by atoms with E-state index in [0.717, 1.165) is 37.3 Å². The van der Waals surface area contributed by atoms with Gasteiger partial charge in [0.25, 0.3) is 0 Å². The first-order valence-corrected chi connectivity index (χ1v) is 8.63. The van der Waals surface area contributed by atoms with Crippen molar-refractivity contribution < 1.29 is 10.2 Å². The van der Waals surface area contributed by atoms with Gasteiger partial charge in [-0.1, -0.05) is 60.7 Å². The van der Waals surface area contributed by atoms with Crippen LogP contribution in [-0.2, 0) is 0 Å². The molecule has 1 fully saturated rings. The van der Waals surface area contributed by atoms with Crippen molar-refractivity contribution in [3.63, 3.8) is 0 Å². The molecular formula is C20H26N2O2. The third-order valence-electron chi connectivity index (χ3n) is 4.94. The summed E-state index contributed by atoms with van der Waals surface area (Å²) < 4.78 is 0. The lowest BCUT2D eigenvalue weighted by Gasteiger charge is -2.41. The second-order valence-corrected chi connectivity index (χ2v) is 6.29. The predicted molar refractivity (Wildman–Crippen MR) is 95.7 cm³/mol. The van der Waals surface area contributed by atoms with E-state index in [1.54, 1.807) is 0 Å². The molecule has 1 aliphatic heterocycles. The molecule has 0 aliphatic carbocycles. The predicted octanol–water partition coefficient (Wildman–Crippen LogP) is 2.07. The maximum atomic E-state index is 9.84. The van der Waals surface area contributed by atoms with Gasteiger partial charge in [-0.2, -0.15) is 0 Å². The zero-order valence-electron chi connectivity index (χ0n) is 14.0. The molecule has 0 spiro atoms. The minimum Gasteiger partial charge on any atom is -0.394 e. The van der Waals surface area contributed by atoms with E-state index in [4.69, 9.17) is 0 Å². The van der Waals surface area contributed by atoms with Crippen molar-refractivity contribution in [3.05, 3.63) is 71.8 Å². The van der Waals surface area contributed by atoms with E-state index in [2.05, 4.69) is 34.1 Å². The maximum absolute atomic E-state index is 9.84. The Bertz CT molecular complexity index is 542. The summed E-state index contributed by atoms with van der Waals surface area (Å²) >= 11 is 0. The number of nitrogens with zero attached hydrogens (tertiary/aromatic N) is 2. The van der Waals surface area contributed by atoms with Crippen molar-refractivity contribution in [2.24, 2.45) is 0 Å². The van der Waals surface area contributed by atoms with Gasteiger partial charge < -0.3 is 10.2 Å². The zero-order valence-corrected chi connectivity index (χ0v) is 14.0. The van der Waals surface area contributed by atoms with Gasteiger partial charge in [0.1, 0.15) is 0 Å². The van der Waals surface area contributed by atoms with E-state index in [1.165, 1.54) is 0 Å². The van der Waals surface area contributed by atoms with Crippen molar-refractivity contribution >= 4 is 0 Å². The SMILES string of the molecule is OC[C@@H](c1ccccc1)N1CCN([C@@H](CO)c2ccccc2)CC1. The van der Waals surface area contributed by atoms with Crippen LogP contribution in [0.15, 0.2) is 60.7 Å². The van der Waals surface area contributed by atoms with Gasteiger partial charge in [-0.15, -0.1) is 0 Å². The number of hydrogen-bond acceptors (Lipinski definition) is 4. The van der Waals surface area contributed by atoms with E-state index < -0.39 is 0 Å². The second-order valence-electron chi connectivity index (χ2n) is 6.29. The number of aliphatic hydroxyl groups is 2. The number of rotatable bonds is 6. The Morgan fingerprint density at radius 3 is 1.25 bits per heavy atom. The zero-order chi connectivity index (χ0) is 16.8. The van der Waals surface area contributed by atoms with Crippen LogP contribution in [-0.4, -0.2) is 59.4 Å². The minimum absolute atomic E-state index is 0.0534. The average Bonchev–Trinajstić information content (AvgIpc) is 2.66. The van der Waals surface area contributed by atoms with E-state index in [1.807, 2.05) is 36.4 Å². The Balaban J connectivity index is 1.64. The van der Waals surface area contributed by atoms with E-state index in [0.29, 0.717) is 0 Å². The molecule has 2 N–H and O–H groups in total. The van der Waals surface area contributed by atoms with Crippen LogP contribution in [0.1, 0.15) is 23.2 Å². The molecule has 3 rings (SSSR count). The second kappa shape index (κ2) is 8.40. The highest BCUT2D eigenvalue weighted by Gasteiger charge is 2.28. The molecular weight excluding hydrogens is 300 g/mol. The Hall–Kier alpha value is -1.72. The molecule has 0 bridgehead atoms. The fourth-order valence-electron chi connectivity index (χ4n) is 3.57. The topological polar surface area (TPSA) is 46.9 Å². The lowest BCUT2D eigenvalue weighted by Crippen LogP contribution is -2.49. The molecule has 0 saturated carbocycles. The lowest BCUT2D eigenvalue weighted by molar-refractivity contribution is 0.0308. The van der Waals surface area contributed by atoms with Gasteiger partial charge in [0.15, 0.2) is 0 Å². The molecule has 2 aromatic carbocycles. The molecule has 1 aliphatic rings. The standard InChI is InChI=1S/C20H26N2O2/c23-15-19(17-7-3-1-4-8-17)21-11-13-22(14-12-21)20(16-24)18-9-5-2-6-10-18/h1-10,19-20,23-24H,11-16H2/t19-,20-/m0/s1. The quantitative estimate of drug-likeness (QED) is 0.853. The summed E-state index contributed by atoms with van der Waals surface area (Å²) in [5, 5.41) is 19.7. The van der Waals surface area contributed by atoms with Crippen LogP contribution >= 0.6 is 0 Å². The molecule has 1 heterocycles. The number of hydrogen-bond donors (Lipinski definition) is 2. The molecule has 4 heteroatoms.